The minimum absolute atomic E-state index is 0.0206. The largest absolute Gasteiger partial charge is 0.457 e. The van der Waals surface area contributed by atoms with E-state index in [1.54, 1.807) is 0 Å². The summed E-state index contributed by atoms with van der Waals surface area (Å²) < 4.78 is 8.40. The maximum absolute atomic E-state index is 6.05. The van der Waals surface area contributed by atoms with Crippen LogP contribution in [0, 0.1) is 20.8 Å². The molecule has 0 amide bonds. The molecule has 2 aromatic carbocycles. The number of hydrogen-bond acceptors (Lipinski definition) is 3. The van der Waals surface area contributed by atoms with E-state index in [-0.39, 0.29) is 12.1 Å². The Bertz CT molecular complexity index is 1330. The predicted octanol–water partition coefficient (Wildman–Crippen LogP) is 6.80. The molecule has 1 fully saturated rings. The summed E-state index contributed by atoms with van der Waals surface area (Å²) in [5.74, 6) is 1.61. The first-order valence-electron chi connectivity index (χ1n) is 12.0. The van der Waals surface area contributed by atoms with Crippen LogP contribution in [0.25, 0.3) is 0 Å². The molecule has 0 spiro atoms. The van der Waals surface area contributed by atoms with Crippen LogP contribution in [0.2, 0.25) is 0 Å². The molecule has 3 heterocycles. The lowest BCUT2D eigenvalue weighted by molar-refractivity contribution is 0.482. The molecule has 0 radical (unpaired) electrons. The van der Waals surface area contributed by atoms with Crippen LogP contribution in [0.3, 0.4) is 0 Å². The van der Waals surface area contributed by atoms with Crippen molar-refractivity contribution >= 4 is 23.0 Å². The number of nitrogens with one attached hydrogen (secondary N) is 1. The summed E-state index contributed by atoms with van der Waals surface area (Å²) in [4.78, 5) is 6.88. The van der Waals surface area contributed by atoms with E-state index in [0.29, 0.717) is 5.11 Å². The first-order valence-corrected chi connectivity index (χ1v) is 12.4. The molecule has 1 N–H and O–H groups in total. The topological polar surface area (TPSA) is 42.3 Å². The summed E-state index contributed by atoms with van der Waals surface area (Å²) in [6, 6.07) is 24.5. The monoisotopic (exact) mass is 482 g/mol. The molecule has 0 bridgehead atoms. The van der Waals surface area contributed by atoms with E-state index in [1.807, 2.05) is 54.7 Å². The highest BCUT2D eigenvalue weighted by Crippen LogP contribution is 2.43. The Morgan fingerprint density at radius 2 is 1.63 bits per heavy atom. The van der Waals surface area contributed by atoms with Gasteiger partial charge in [-0.2, -0.15) is 0 Å². The average Bonchev–Trinajstić information content (AvgIpc) is 3.36. The molecule has 0 unspecified atom stereocenters. The van der Waals surface area contributed by atoms with Crippen LogP contribution in [0.4, 0.5) is 5.69 Å². The van der Waals surface area contributed by atoms with Gasteiger partial charge in [0.05, 0.1) is 17.8 Å². The van der Waals surface area contributed by atoms with E-state index < -0.39 is 0 Å². The Balaban J connectivity index is 1.52. The molecule has 1 aliphatic heterocycles. The molecule has 6 heteroatoms. The van der Waals surface area contributed by atoms with Gasteiger partial charge in [-0.3, -0.25) is 4.98 Å². The molecule has 2 atom stereocenters. The van der Waals surface area contributed by atoms with Crippen molar-refractivity contribution in [2.75, 3.05) is 4.90 Å². The van der Waals surface area contributed by atoms with Crippen molar-refractivity contribution in [2.45, 2.75) is 46.3 Å². The van der Waals surface area contributed by atoms with Gasteiger partial charge in [-0.1, -0.05) is 23.8 Å². The highest BCUT2D eigenvalue weighted by Gasteiger charge is 2.42. The van der Waals surface area contributed by atoms with Gasteiger partial charge in [0, 0.05) is 29.8 Å². The Morgan fingerprint density at radius 1 is 0.943 bits per heavy atom. The van der Waals surface area contributed by atoms with E-state index in [9.17, 15) is 0 Å². The fourth-order valence-electron chi connectivity index (χ4n) is 4.98. The van der Waals surface area contributed by atoms with Crippen molar-refractivity contribution in [1.82, 2.24) is 14.9 Å². The smallest absolute Gasteiger partial charge is 0.174 e. The van der Waals surface area contributed by atoms with Crippen LogP contribution in [-0.4, -0.2) is 14.7 Å². The maximum atomic E-state index is 6.05. The van der Waals surface area contributed by atoms with Gasteiger partial charge in [0.15, 0.2) is 5.11 Å². The van der Waals surface area contributed by atoms with Crippen molar-refractivity contribution < 1.29 is 4.74 Å². The predicted molar refractivity (Wildman–Crippen MR) is 145 cm³/mol. The zero-order valence-corrected chi connectivity index (χ0v) is 21.3. The zero-order chi connectivity index (χ0) is 24.5. The number of nitrogens with zero attached hydrogens (tertiary/aromatic N) is 3. The lowest BCUT2D eigenvalue weighted by Gasteiger charge is -2.28. The van der Waals surface area contributed by atoms with Crippen molar-refractivity contribution in [3.05, 3.63) is 107 Å². The maximum Gasteiger partial charge on any atom is 0.174 e. The van der Waals surface area contributed by atoms with E-state index in [0.717, 1.165) is 29.4 Å². The van der Waals surface area contributed by atoms with E-state index in [2.05, 4.69) is 71.7 Å². The number of anilines is 1. The van der Waals surface area contributed by atoms with Crippen molar-refractivity contribution in [2.24, 2.45) is 0 Å². The van der Waals surface area contributed by atoms with Gasteiger partial charge >= 0.3 is 0 Å². The SMILES string of the molecule is CCn1c(C)cc([C@@H]2[C@H](c3ccccn3)NC(=S)N2c2ccc(Oc3ccc(C)cc3)cc2)c1C. The molecule has 5 nitrogen and oxygen atoms in total. The highest BCUT2D eigenvalue weighted by molar-refractivity contribution is 7.80. The van der Waals surface area contributed by atoms with Gasteiger partial charge < -0.3 is 19.5 Å². The molecule has 1 saturated heterocycles. The summed E-state index contributed by atoms with van der Waals surface area (Å²) in [5.41, 5.74) is 6.96. The zero-order valence-electron chi connectivity index (χ0n) is 20.5. The van der Waals surface area contributed by atoms with Crippen molar-refractivity contribution in [1.29, 1.82) is 0 Å². The van der Waals surface area contributed by atoms with Crippen molar-refractivity contribution in [3.8, 4) is 11.5 Å². The summed E-state index contributed by atoms with van der Waals surface area (Å²) in [7, 11) is 0. The van der Waals surface area contributed by atoms with Crippen molar-refractivity contribution in [3.63, 3.8) is 0 Å². The average molecular weight is 483 g/mol. The van der Waals surface area contributed by atoms with E-state index in [1.165, 1.54) is 22.5 Å². The Labute approximate surface area is 212 Å². The van der Waals surface area contributed by atoms with Crippen LogP contribution in [0.1, 0.15) is 47.2 Å². The number of ether oxygens (including phenoxy) is 1. The summed E-state index contributed by atoms with van der Waals surface area (Å²) >= 11 is 5.89. The highest BCUT2D eigenvalue weighted by atomic mass is 32.1. The first-order chi connectivity index (χ1) is 17.0. The lowest BCUT2D eigenvalue weighted by Crippen LogP contribution is -2.29. The Kier molecular flexibility index (Phi) is 6.31. The lowest BCUT2D eigenvalue weighted by atomic mass is 9.96. The summed E-state index contributed by atoms with van der Waals surface area (Å²) in [5, 5.41) is 4.25. The fraction of sp³-hybridized carbons (Fsp3) is 0.241. The van der Waals surface area contributed by atoms with E-state index >= 15 is 0 Å². The molecule has 1 aliphatic rings. The number of aromatic nitrogens is 2. The third-order valence-corrected chi connectivity index (χ3v) is 7.03. The number of hydrogen-bond donors (Lipinski definition) is 1. The van der Waals surface area contributed by atoms with Gasteiger partial charge in [0.1, 0.15) is 11.5 Å². The molecule has 0 saturated carbocycles. The normalized spacial score (nSPS) is 17.5. The van der Waals surface area contributed by atoms with Gasteiger partial charge in [0.25, 0.3) is 0 Å². The number of thiocarbonyl (C=S) groups is 1. The minimum atomic E-state index is -0.0574. The number of rotatable bonds is 6. The van der Waals surface area contributed by atoms with Gasteiger partial charge in [0.2, 0.25) is 0 Å². The molecule has 0 aliphatic carbocycles. The minimum Gasteiger partial charge on any atom is -0.457 e. The number of pyridine rings is 1. The van der Waals surface area contributed by atoms with E-state index in [4.69, 9.17) is 17.0 Å². The standard InChI is InChI=1S/C29H30N4OS/c1-5-32-20(3)18-25(21(32)4)28-27(26-8-6-7-17-30-26)31-29(35)33(28)22-11-15-24(16-12-22)34-23-13-9-19(2)10-14-23/h6-18,27-28H,5H2,1-4H3,(H,31,35)/t27-,28+/m0/s1. The van der Waals surface area contributed by atoms with Crippen LogP contribution >= 0.6 is 12.2 Å². The summed E-state index contributed by atoms with van der Waals surface area (Å²) in [6.45, 7) is 9.54. The quantitative estimate of drug-likeness (QED) is 0.306. The van der Waals surface area contributed by atoms with Gasteiger partial charge in [-0.05, 0) is 100 Å². The fourth-order valence-corrected chi connectivity index (χ4v) is 5.33. The van der Waals surface area contributed by atoms with Crippen LogP contribution in [-0.2, 0) is 6.54 Å². The molecular weight excluding hydrogens is 452 g/mol. The first kappa shape index (κ1) is 23.1. The van der Waals surface area contributed by atoms with Gasteiger partial charge in [-0.25, -0.2) is 0 Å². The Hall–Kier alpha value is -3.64. The molecular formula is C29H30N4OS. The number of aryl methyl sites for hydroxylation is 2. The third kappa shape index (κ3) is 4.42. The summed E-state index contributed by atoms with van der Waals surface area (Å²) in [6.07, 6.45) is 1.84. The number of benzene rings is 2. The van der Waals surface area contributed by atoms with Crippen LogP contribution < -0.4 is 15.0 Å². The second-order valence-electron chi connectivity index (χ2n) is 8.98. The van der Waals surface area contributed by atoms with Crippen LogP contribution in [0.5, 0.6) is 11.5 Å². The molecule has 4 aromatic rings. The third-order valence-electron chi connectivity index (χ3n) is 6.72. The van der Waals surface area contributed by atoms with Crippen LogP contribution in [0.15, 0.2) is 79.0 Å². The second-order valence-corrected chi connectivity index (χ2v) is 9.36. The Morgan fingerprint density at radius 3 is 2.23 bits per heavy atom. The molecule has 178 valence electrons. The van der Waals surface area contributed by atoms with Gasteiger partial charge in [-0.15, -0.1) is 0 Å². The molecule has 35 heavy (non-hydrogen) atoms. The second kappa shape index (κ2) is 9.55. The molecule has 2 aromatic heterocycles. The molecule has 5 rings (SSSR count).